The molecule has 0 bridgehead atoms. The predicted molar refractivity (Wildman–Crippen MR) is 79.2 cm³/mol. The number of hydrogen-bond donors (Lipinski definition) is 1. The van der Waals surface area contributed by atoms with Crippen LogP contribution in [0.2, 0.25) is 0 Å². The van der Waals surface area contributed by atoms with Crippen LogP contribution in [0.3, 0.4) is 0 Å². The summed E-state index contributed by atoms with van der Waals surface area (Å²) >= 11 is 6.68. The first-order valence-electron chi connectivity index (χ1n) is 5.38. The maximum atomic E-state index is 11.6. The van der Waals surface area contributed by atoms with E-state index in [9.17, 15) is 4.79 Å². The molecule has 2 heterocycles. The fourth-order valence-electron chi connectivity index (χ4n) is 1.32. The van der Waals surface area contributed by atoms with Crippen molar-refractivity contribution < 1.29 is 9.21 Å². The summed E-state index contributed by atoms with van der Waals surface area (Å²) in [5.41, 5.74) is 1.34. The van der Waals surface area contributed by atoms with Crippen molar-refractivity contribution in [1.29, 1.82) is 0 Å². The van der Waals surface area contributed by atoms with Crippen LogP contribution < -0.4 is 5.32 Å². The summed E-state index contributed by atoms with van der Waals surface area (Å²) in [5.74, 6) is 2.05. The molecule has 0 atom stereocenters. The van der Waals surface area contributed by atoms with Crippen LogP contribution in [0.15, 0.2) is 38.0 Å². The Morgan fingerprint density at radius 2 is 2.33 bits per heavy atom. The van der Waals surface area contributed by atoms with Crippen molar-refractivity contribution in [3.63, 3.8) is 0 Å². The van der Waals surface area contributed by atoms with Gasteiger partial charge in [-0.2, -0.15) is 23.1 Å². The molecule has 1 amide bonds. The van der Waals surface area contributed by atoms with Crippen LogP contribution in [0.25, 0.3) is 0 Å². The van der Waals surface area contributed by atoms with Gasteiger partial charge < -0.3 is 9.73 Å². The van der Waals surface area contributed by atoms with Gasteiger partial charge in [0.05, 0.1) is 0 Å². The molecular weight excluding hydrogens is 334 g/mol. The molecule has 2 aromatic rings. The molecule has 0 aliphatic rings. The van der Waals surface area contributed by atoms with Crippen LogP contribution in [-0.4, -0.2) is 18.2 Å². The molecule has 1 N–H and O–H groups in total. The van der Waals surface area contributed by atoms with Crippen LogP contribution in [0.4, 0.5) is 0 Å². The quantitative estimate of drug-likeness (QED) is 0.810. The van der Waals surface area contributed by atoms with Crippen molar-refractivity contribution in [2.75, 3.05) is 12.3 Å². The van der Waals surface area contributed by atoms with Crippen molar-refractivity contribution in [2.45, 2.75) is 5.75 Å². The minimum atomic E-state index is -0.170. The van der Waals surface area contributed by atoms with E-state index in [2.05, 4.69) is 38.1 Å². The lowest BCUT2D eigenvalue weighted by molar-refractivity contribution is 0.0927. The molecule has 0 unspecified atom stereocenters. The van der Waals surface area contributed by atoms with Gasteiger partial charge in [-0.25, -0.2) is 0 Å². The number of carbonyl (C=O) groups is 1. The van der Waals surface area contributed by atoms with E-state index in [0.29, 0.717) is 17.0 Å². The molecule has 3 nitrogen and oxygen atoms in total. The number of hydrogen-bond acceptors (Lipinski definition) is 4. The van der Waals surface area contributed by atoms with Crippen LogP contribution in [0.1, 0.15) is 16.1 Å². The van der Waals surface area contributed by atoms with Gasteiger partial charge in [0.25, 0.3) is 5.91 Å². The van der Waals surface area contributed by atoms with Crippen LogP contribution >= 0.6 is 39.0 Å². The minimum Gasteiger partial charge on any atom is -0.444 e. The summed E-state index contributed by atoms with van der Waals surface area (Å²) in [6.07, 6.45) is 0. The van der Waals surface area contributed by atoms with Crippen molar-refractivity contribution in [2.24, 2.45) is 0 Å². The Hall–Kier alpha value is -0.720. The number of carbonyl (C=O) groups excluding carboxylic acids is 1. The third kappa shape index (κ3) is 4.19. The third-order valence-corrected chi connectivity index (χ3v) is 4.37. The maximum absolute atomic E-state index is 11.6. The van der Waals surface area contributed by atoms with E-state index in [0.717, 1.165) is 11.5 Å². The molecule has 0 aromatic carbocycles. The molecule has 6 heteroatoms. The first-order chi connectivity index (χ1) is 8.75. The van der Waals surface area contributed by atoms with Crippen LogP contribution in [0.5, 0.6) is 0 Å². The molecule has 0 radical (unpaired) electrons. The first kappa shape index (κ1) is 13.7. The largest absolute Gasteiger partial charge is 0.444 e. The number of nitrogens with one attached hydrogen (secondary N) is 1. The van der Waals surface area contributed by atoms with E-state index >= 15 is 0 Å². The Balaban J connectivity index is 1.62. The van der Waals surface area contributed by atoms with Crippen molar-refractivity contribution in [3.05, 3.63) is 45.0 Å². The molecular formula is C12H12BrNO2S2. The van der Waals surface area contributed by atoms with Crippen LogP contribution in [0, 0.1) is 0 Å². The minimum absolute atomic E-state index is 0.170. The average molecular weight is 346 g/mol. The van der Waals surface area contributed by atoms with E-state index in [-0.39, 0.29) is 5.91 Å². The topological polar surface area (TPSA) is 42.2 Å². The Morgan fingerprint density at radius 1 is 1.44 bits per heavy atom. The lowest BCUT2D eigenvalue weighted by atomic mass is 10.4. The van der Waals surface area contributed by atoms with E-state index in [1.54, 1.807) is 35.2 Å². The summed E-state index contributed by atoms with van der Waals surface area (Å²) in [6, 6.07) is 5.48. The number of rotatable bonds is 6. The first-order valence-corrected chi connectivity index (χ1v) is 8.27. The number of thiophene rings is 1. The number of halogens is 1. The normalized spacial score (nSPS) is 10.5. The van der Waals surface area contributed by atoms with Crippen molar-refractivity contribution >= 4 is 44.9 Å². The number of furan rings is 1. The Bertz CT molecular complexity index is 496. The van der Waals surface area contributed by atoms with Gasteiger partial charge in [-0.3, -0.25) is 4.79 Å². The van der Waals surface area contributed by atoms with Gasteiger partial charge in [0.2, 0.25) is 0 Å². The van der Waals surface area contributed by atoms with E-state index in [1.807, 2.05) is 0 Å². The highest BCUT2D eigenvalue weighted by Crippen LogP contribution is 2.15. The zero-order valence-corrected chi connectivity index (χ0v) is 12.7. The standard InChI is InChI=1S/C12H12BrNO2S2/c13-11-2-1-10(16-11)12(15)14-4-6-18-8-9-3-5-17-7-9/h1-3,5,7H,4,6,8H2,(H,14,15). The monoisotopic (exact) mass is 345 g/mol. The Kier molecular flexibility index (Phi) is 5.34. The maximum Gasteiger partial charge on any atom is 0.287 e. The summed E-state index contributed by atoms with van der Waals surface area (Å²) in [5, 5.41) is 7.04. The lowest BCUT2D eigenvalue weighted by Crippen LogP contribution is -2.25. The fraction of sp³-hybridized carbons (Fsp3) is 0.250. The molecule has 2 aromatic heterocycles. The molecule has 2 rings (SSSR count). The molecule has 18 heavy (non-hydrogen) atoms. The second-order valence-corrected chi connectivity index (χ2v) is 6.21. The number of thioether (sulfide) groups is 1. The molecule has 0 aliphatic heterocycles. The van der Waals surface area contributed by atoms with Gasteiger partial charge >= 0.3 is 0 Å². The molecule has 0 spiro atoms. The highest BCUT2D eigenvalue weighted by molar-refractivity contribution is 9.10. The van der Waals surface area contributed by atoms with Crippen LogP contribution in [-0.2, 0) is 5.75 Å². The fourth-order valence-corrected chi connectivity index (χ4v) is 3.21. The summed E-state index contributed by atoms with van der Waals surface area (Å²) < 4.78 is 5.73. The van der Waals surface area contributed by atoms with Crippen molar-refractivity contribution in [1.82, 2.24) is 5.32 Å². The zero-order chi connectivity index (χ0) is 12.8. The van der Waals surface area contributed by atoms with Gasteiger partial charge in [-0.15, -0.1) is 0 Å². The average Bonchev–Trinajstić information content (AvgIpc) is 2.99. The van der Waals surface area contributed by atoms with Gasteiger partial charge in [0.1, 0.15) is 0 Å². The highest BCUT2D eigenvalue weighted by Gasteiger charge is 2.08. The molecule has 0 saturated carbocycles. The van der Waals surface area contributed by atoms with E-state index < -0.39 is 0 Å². The SMILES string of the molecule is O=C(NCCSCc1ccsc1)c1ccc(Br)o1. The Morgan fingerprint density at radius 3 is 3.00 bits per heavy atom. The smallest absolute Gasteiger partial charge is 0.287 e. The second-order valence-electron chi connectivity index (χ2n) is 3.54. The summed E-state index contributed by atoms with van der Waals surface area (Å²) in [4.78, 5) is 11.6. The molecule has 96 valence electrons. The summed E-state index contributed by atoms with van der Waals surface area (Å²) in [7, 11) is 0. The van der Waals surface area contributed by atoms with E-state index in [1.165, 1.54) is 5.56 Å². The highest BCUT2D eigenvalue weighted by atomic mass is 79.9. The molecule has 0 saturated heterocycles. The van der Waals surface area contributed by atoms with Crippen molar-refractivity contribution in [3.8, 4) is 0 Å². The Labute approximate surface area is 122 Å². The molecule has 0 aliphatic carbocycles. The lowest BCUT2D eigenvalue weighted by Gasteiger charge is -2.02. The molecule has 0 fully saturated rings. The van der Waals surface area contributed by atoms with Gasteiger partial charge in [0, 0.05) is 18.1 Å². The second kappa shape index (κ2) is 7.01. The van der Waals surface area contributed by atoms with Gasteiger partial charge in [-0.05, 0) is 50.5 Å². The van der Waals surface area contributed by atoms with Gasteiger partial charge in [0.15, 0.2) is 10.4 Å². The predicted octanol–water partition coefficient (Wildman–Crippen LogP) is 3.77. The van der Waals surface area contributed by atoms with Gasteiger partial charge in [-0.1, -0.05) is 0 Å². The summed E-state index contributed by atoms with van der Waals surface area (Å²) in [6.45, 7) is 0.645. The van der Waals surface area contributed by atoms with E-state index in [4.69, 9.17) is 4.42 Å². The zero-order valence-electron chi connectivity index (χ0n) is 9.52. The number of amides is 1. The third-order valence-electron chi connectivity index (χ3n) is 2.18.